The number of carbonyl (C=O) groups is 2. The lowest BCUT2D eigenvalue weighted by Crippen LogP contribution is -2.51. The molecule has 0 spiro atoms. The molecule has 5 fully saturated rings. The summed E-state index contributed by atoms with van der Waals surface area (Å²) in [6, 6.07) is 0. The van der Waals surface area contributed by atoms with Gasteiger partial charge in [0.05, 0.1) is 6.61 Å². The second kappa shape index (κ2) is 14.8. The molecule has 0 aromatic rings. The molecule has 5 unspecified atom stereocenters. The topological polar surface area (TPSA) is 161 Å². The number of esters is 2. The van der Waals surface area contributed by atoms with Crippen LogP contribution < -0.4 is 0 Å². The summed E-state index contributed by atoms with van der Waals surface area (Å²) in [6.07, 6.45) is 8.87. The highest BCUT2D eigenvalue weighted by Gasteiger charge is 2.56. The minimum absolute atomic E-state index is 0.0155. The third-order valence-electron chi connectivity index (χ3n) is 11.0. The molecule has 5 aliphatic rings. The molecule has 0 aromatic carbocycles. The molecule has 0 heterocycles. The Morgan fingerprint density at radius 3 is 1.85 bits per heavy atom. The lowest BCUT2D eigenvalue weighted by molar-refractivity contribution is -0.156. The van der Waals surface area contributed by atoms with Crippen molar-refractivity contribution in [2.24, 2.45) is 35.0 Å². The zero-order chi connectivity index (χ0) is 35.9. The van der Waals surface area contributed by atoms with Crippen LogP contribution in [0.1, 0.15) is 132 Å². The first kappa shape index (κ1) is 40.2. The molecule has 2 N–H and O–H groups in total. The SMILES string of the molecule is CCC(SC(C)(C)C)(C(=O)OC1CCC(CC(C)CCC(SC(C)C)(C(=O)OCC23CC4CC(CC(C4)C2)C3)S(=O)(=O)O)C1)S(=O)(=O)O. The Morgan fingerprint density at radius 2 is 1.40 bits per heavy atom. The van der Waals surface area contributed by atoms with Gasteiger partial charge in [-0.25, -0.2) is 9.59 Å². The maximum atomic E-state index is 13.8. The van der Waals surface area contributed by atoms with Crippen molar-refractivity contribution in [1.82, 2.24) is 0 Å². The van der Waals surface area contributed by atoms with E-state index >= 15 is 0 Å². The molecule has 0 aliphatic heterocycles. The fourth-order valence-electron chi connectivity index (χ4n) is 9.49. The van der Waals surface area contributed by atoms with Crippen molar-refractivity contribution in [2.75, 3.05) is 6.61 Å². The fourth-order valence-corrected chi connectivity index (χ4v) is 15.4. The van der Waals surface area contributed by atoms with Gasteiger partial charge >= 0.3 is 11.9 Å². The highest BCUT2D eigenvalue weighted by Crippen LogP contribution is 2.60. The van der Waals surface area contributed by atoms with Crippen molar-refractivity contribution in [3.05, 3.63) is 0 Å². The highest BCUT2D eigenvalue weighted by molar-refractivity contribution is 8.15. The summed E-state index contributed by atoms with van der Waals surface area (Å²) < 4.78 is 78.4. The van der Waals surface area contributed by atoms with Crippen molar-refractivity contribution in [3.63, 3.8) is 0 Å². The summed E-state index contributed by atoms with van der Waals surface area (Å²) in [6.45, 7) is 12.6. The minimum Gasteiger partial charge on any atom is -0.463 e. The van der Waals surface area contributed by atoms with Crippen molar-refractivity contribution >= 4 is 55.7 Å². The van der Waals surface area contributed by atoms with Crippen molar-refractivity contribution in [3.8, 4) is 0 Å². The van der Waals surface area contributed by atoms with E-state index in [1.54, 1.807) is 34.6 Å². The van der Waals surface area contributed by atoms with Gasteiger partial charge in [-0.1, -0.05) is 48.5 Å². The maximum absolute atomic E-state index is 13.8. The molecule has 278 valence electrons. The number of ether oxygens (including phenoxy) is 2. The number of thioether (sulfide) groups is 2. The summed E-state index contributed by atoms with van der Waals surface area (Å²) in [5.74, 6) is 0.266. The number of carbonyl (C=O) groups excluding carboxylic acids is 2. The summed E-state index contributed by atoms with van der Waals surface area (Å²) in [7, 11) is -9.60. The van der Waals surface area contributed by atoms with Crippen molar-refractivity contribution in [2.45, 2.75) is 156 Å². The van der Waals surface area contributed by atoms with Crippen LogP contribution in [0.2, 0.25) is 0 Å². The Hall–Kier alpha value is -0.540. The third-order valence-corrected chi connectivity index (χ3v) is 17.9. The lowest BCUT2D eigenvalue weighted by Gasteiger charge is -2.56. The zero-order valence-electron chi connectivity index (χ0n) is 29.7. The second-order valence-electron chi connectivity index (χ2n) is 16.8. The zero-order valence-corrected chi connectivity index (χ0v) is 33.0. The Kier molecular flexibility index (Phi) is 12.4. The molecule has 14 heteroatoms. The highest BCUT2D eigenvalue weighted by atomic mass is 32.3. The quantitative estimate of drug-likeness (QED) is 0.118. The molecule has 0 saturated heterocycles. The van der Waals surface area contributed by atoms with E-state index in [0.717, 1.165) is 49.2 Å². The van der Waals surface area contributed by atoms with Crippen LogP contribution in [0, 0.1) is 35.0 Å². The molecule has 0 radical (unpaired) electrons. The van der Waals surface area contributed by atoms with Gasteiger partial charge in [-0.2, -0.15) is 16.8 Å². The molecular weight excluding hydrogens is 697 g/mol. The van der Waals surface area contributed by atoms with E-state index in [1.807, 2.05) is 6.92 Å². The minimum atomic E-state index is -4.83. The number of rotatable bonds is 16. The van der Waals surface area contributed by atoms with Crippen LogP contribution in [0.25, 0.3) is 0 Å². The molecule has 48 heavy (non-hydrogen) atoms. The monoisotopic (exact) mass is 754 g/mol. The van der Waals surface area contributed by atoms with E-state index in [2.05, 4.69) is 0 Å². The van der Waals surface area contributed by atoms with E-state index in [1.165, 1.54) is 26.2 Å². The Labute approximate surface area is 297 Å². The van der Waals surface area contributed by atoms with E-state index < -0.39 is 51.2 Å². The summed E-state index contributed by atoms with van der Waals surface area (Å²) in [4.78, 5) is 27.1. The Morgan fingerprint density at radius 1 is 0.854 bits per heavy atom. The molecule has 10 nitrogen and oxygen atoms in total. The first-order valence-electron chi connectivity index (χ1n) is 17.7. The molecule has 0 amide bonds. The van der Waals surface area contributed by atoms with Gasteiger partial charge in [0.25, 0.3) is 20.2 Å². The van der Waals surface area contributed by atoms with E-state index in [9.17, 15) is 35.5 Å². The first-order chi connectivity index (χ1) is 22.0. The molecule has 4 bridgehead atoms. The van der Waals surface area contributed by atoms with Crippen molar-refractivity contribution < 1.29 is 45.0 Å². The van der Waals surface area contributed by atoms with Gasteiger partial charge in [-0.05, 0) is 113 Å². The van der Waals surface area contributed by atoms with Gasteiger partial charge in [-0.15, -0.1) is 23.5 Å². The van der Waals surface area contributed by atoms with Gasteiger partial charge in [0.1, 0.15) is 6.10 Å². The summed E-state index contributed by atoms with van der Waals surface area (Å²) in [5, 5.41) is -0.256. The number of hydrogen-bond donors (Lipinski definition) is 2. The van der Waals surface area contributed by atoms with E-state index in [4.69, 9.17) is 9.47 Å². The van der Waals surface area contributed by atoms with E-state index in [0.29, 0.717) is 43.4 Å². The second-order valence-corrected chi connectivity index (χ2v) is 24.6. The van der Waals surface area contributed by atoms with Crippen LogP contribution >= 0.6 is 23.5 Å². The van der Waals surface area contributed by atoms with Gasteiger partial charge in [0.15, 0.2) is 0 Å². The molecular formula is C34H58O10S4. The molecule has 5 rings (SSSR count). The van der Waals surface area contributed by atoms with Gasteiger partial charge in [0, 0.05) is 15.4 Å². The van der Waals surface area contributed by atoms with Gasteiger partial charge in [0.2, 0.25) is 8.16 Å². The lowest BCUT2D eigenvalue weighted by atomic mass is 9.50. The fraction of sp³-hybridized carbons (Fsp3) is 0.941. The van der Waals surface area contributed by atoms with Crippen LogP contribution in [0.15, 0.2) is 0 Å². The maximum Gasteiger partial charge on any atom is 0.340 e. The number of hydrogen-bond acceptors (Lipinski definition) is 10. The Bertz CT molecular complexity index is 1350. The first-order valence-corrected chi connectivity index (χ1v) is 22.3. The average Bonchev–Trinajstić information content (AvgIpc) is 3.36. The largest absolute Gasteiger partial charge is 0.463 e. The van der Waals surface area contributed by atoms with Crippen LogP contribution in [0.4, 0.5) is 0 Å². The van der Waals surface area contributed by atoms with Crippen LogP contribution in [0.3, 0.4) is 0 Å². The van der Waals surface area contributed by atoms with E-state index in [-0.39, 0.29) is 41.9 Å². The normalized spacial score (nSPS) is 32.1. The van der Waals surface area contributed by atoms with Crippen LogP contribution in [0.5, 0.6) is 0 Å². The van der Waals surface area contributed by atoms with Crippen LogP contribution in [-0.2, 0) is 39.3 Å². The standard InChI is InChI=1S/C34H58O10S4/c1-8-33(47(37,38)39,46-31(5,6)7)30(36)44-28-10-9-24(17-28)13-23(4)11-12-34(45-22(2)3,48(40,41)42)29(35)43-21-32-18-25-14-26(19-32)16-27(15-25)20-32/h22-28H,8-21H2,1-7H3,(H,37,38,39)(H,40,41,42). The summed E-state index contributed by atoms with van der Waals surface area (Å²) in [5.41, 5.74) is -0.0861. The predicted molar refractivity (Wildman–Crippen MR) is 191 cm³/mol. The predicted octanol–water partition coefficient (Wildman–Crippen LogP) is 7.52. The molecule has 0 aromatic heterocycles. The molecule has 5 atom stereocenters. The molecule has 5 saturated carbocycles. The molecule has 5 aliphatic carbocycles. The summed E-state index contributed by atoms with van der Waals surface area (Å²) >= 11 is 1.81. The van der Waals surface area contributed by atoms with Crippen molar-refractivity contribution in [1.29, 1.82) is 0 Å². The smallest absolute Gasteiger partial charge is 0.340 e. The average molecular weight is 755 g/mol. The van der Waals surface area contributed by atoms with Gasteiger partial charge in [-0.3, -0.25) is 9.11 Å². The van der Waals surface area contributed by atoms with Gasteiger partial charge < -0.3 is 9.47 Å². The van der Waals surface area contributed by atoms with Crippen LogP contribution in [-0.4, -0.2) is 68.7 Å². The third kappa shape index (κ3) is 9.08. The Balaban J connectivity index is 1.38.